The van der Waals surface area contributed by atoms with Gasteiger partial charge in [-0.05, 0) is 21.9 Å². The molecule has 0 radical (unpaired) electrons. The third-order valence-corrected chi connectivity index (χ3v) is 2.13. The molecule has 2 aromatic heterocycles. The van der Waals surface area contributed by atoms with Gasteiger partial charge in [-0.25, -0.2) is 4.63 Å². The molecule has 0 aromatic carbocycles. The van der Waals surface area contributed by atoms with Crippen LogP contribution in [0.25, 0.3) is 0 Å². The Hall–Kier alpha value is -2.77. The molecule has 0 atom stereocenters. The molecule has 98 valence electrons. The molecular formula is C11H11N5O3. The maximum Gasteiger partial charge on any atom is 0.230 e. The number of carbonyl (C=O) groups is 2. The molecule has 0 aliphatic carbocycles. The SMILES string of the molecule is CC(=O)Nc1nonc1NC(=O)Cc1cccnc1. The lowest BCUT2D eigenvalue weighted by Gasteiger charge is -2.02. The highest BCUT2D eigenvalue weighted by atomic mass is 16.6. The average Bonchev–Trinajstić information content (AvgIpc) is 2.77. The van der Waals surface area contributed by atoms with E-state index in [1.165, 1.54) is 6.92 Å². The van der Waals surface area contributed by atoms with Crippen molar-refractivity contribution in [3.63, 3.8) is 0 Å². The van der Waals surface area contributed by atoms with Gasteiger partial charge in [-0.1, -0.05) is 6.07 Å². The van der Waals surface area contributed by atoms with E-state index in [-0.39, 0.29) is 29.9 Å². The zero-order chi connectivity index (χ0) is 13.7. The van der Waals surface area contributed by atoms with Gasteiger partial charge < -0.3 is 10.6 Å². The number of nitrogens with zero attached hydrogens (tertiary/aromatic N) is 3. The number of aromatic nitrogens is 3. The summed E-state index contributed by atoms with van der Waals surface area (Å²) < 4.78 is 4.46. The zero-order valence-corrected chi connectivity index (χ0v) is 10.1. The number of hydrogen-bond acceptors (Lipinski definition) is 6. The molecule has 0 aliphatic heterocycles. The number of pyridine rings is 1. The van der Waals surface area contributed by atoms with Crippen molar-refractivity contribution in [1.29, 1.82) is 0 Å². The number of rotatable bonds is 4. The number of hydrogen-bond donors (Lipinski definition) is 2. The summed E-state index contributed by atoms with van der Waals surface area (Å²) in [5.41, 5.74) is 0.762. The standard InChI is InChI=1S/C11H11N5O3/c1-7(17)13-10-11(16-19-15-10)14-9(18)5-8-3-2-4-12-6-8/h2-4,6H,5H2,1H3,(H,13,15,17)(H,14,16,18). The summed E-state index contributed by atoms with van der Waals surface area (Å²) in [4.78, 5) is 26.6. The minimum Gasteiger partial charge on any atom is -0.305 e. The largest absolute Gasteiger partial charge is 0.305 e. The van der Waals surface area contributed by atoms with Crippen LogP contribution >= 0.6 is 0 Å². The van der Waals surface area contributed by atoms with Gasteiger partial charge in [0.1, 0.15) is 0 Å². The molecular weight excluding hydrogens is 250 g/mol. The predicted molar refractivity (Wildman–Crippen MR) is 65.2 cm³/mol. The Balaban J connectivity index is 1.99. The quantitative estimate of drug-likeness (QED) is 0.834. The molecule has 2 amide bonds. The lowest BCUT2D eigenvalue weighted by molar-refractivity contribution is -0.116. The van der Waals surface area contributed by atoms with Gasteiger partial charge in [-0.15, -0.1) is 0 Å². The molecule has 2 aromatic rings. The second-order valence-corrected chi connectivity index (χ2v) is 3.73. The lowest BCUT2D eigenvalue weighted by Crippen LogP contribution is -2.17. The Labute approximate surface area is 108 Å². The maximum absolute atomic E-state index is 11.8. The van der Waals surface area contributed by atoms with Crippen molar-refractivity contribution in [2.24, 2.45) is 0 Å². The number of nitrogens with one attached hydrogen (secondary N) is 2. The monoisotopic (exact) mass is 261 g/mol. The van der Waals surface area contributed by atoms with Crippen LogP contribution in [0.15, 0.2) is 29.2 Å². The van der Waals surface area contributed by atoms with E-state index < -0.39 is 0 Å². The zero-order valence-electron chi connectivity index (χ0n) is 10.1. The molecule has 0 fully saturated rings. The Morgan fingerprint density at radius 1 is 1.26 bits per heavy atom. The predicted octanol–water partition coefficient (Wildman–Crippen LogP) is 0.604. The molecule has 2 rings (SSSR count). The van der Waals surface area contributed by atoms with Gasteiger partial charge in [0.25, 0.3) is 0 Å². The third-order valence-electron chi connectivity index (χ3n) is 2.13. The van der Waals surface area contributed by atoms with Crippen LogP contribution in [0.4, 0.5) is 11.6 Å². The molecule has 2 heterocycles. The maximum atomic E-state index is 11.8. The molecule has 0 unspecified atom stereocenters. The highest BCUT2D eigenvalue weighted by molar-refractivity contribution is 5.96. The topological polar surface area (TPSA) is 110 Å². The van der Waals surface area contributed by atoms with Crippen LogP contribution in [0.3, 0.4) is 0 Å². The second-order valence-electron chi connectivity index (χ2n) is 3.73. The minimum absolute atomic E-state index is 0.0732. The Kier molecular flexibility index (Phi) is 3.81. The van der Waals surface area contributed by atoms with Crippen molar-refractivity contribution in [3.05, 3.63) is 30.1 Å². The first-order chi connectivity index (χ1) is 9.15. The molecule has 0 bridgehead atoms. The first-order valence-electron chi connectivity index (χ1n) is 5.44. The van der Waals surface area contributed by atoms with E-state index in [1.54, 1.807) is 24.5 Å². The van der Waals surface area contributed by atoms with E-state index in [1.807, 2.05) is 0 Å². The van der Waals surface area contributed by atoms with E-state index in [9.17, 15) is 9.59 Å². The minimum atomic E-state index is -0.335. The van der Waals surface area contributed by atoms with Crippen LogP contribution in [0.1, 0.15) is 12.5 Å². The molecule has 2 N–H and O–H groups in total. The summed E-state index contributed by atoms with van der Waals surface area (Å²) in [6.07, 6.45) is 3.35. The smallest absolute Gasteiger partial charge is 0.230 e. The van der Waals surface area contributed by atoms with Gasteiger partial charge in [0, 0.05) is 19.3 Å². The van der Waals surface area contributed by atoms with Crippen LogP contribution in [0, 0.1) is 0 Å². The lowest BCUT2D eigenvalue weighted by atomic mass is 10.2. The number of amides is 2. The fraction of sp³-hybridized carbons (Fsp3) is 0.182. The van der Waals surface area contributed by atoms with E-state index in [4.69, 9.17) is 0 Å². The van der Waals surface area contributed by atoms with Crippen LogP contribution in [-0.4, -0.2) is 27.1 Å². The summed E-state index contributed by atoms with van der Waals surface area (Å²) in [5, 5.41) is 11.9. The fourth-order valence-electron chi connectivity index (χ4n) is 1.38. The normalized spacial score (nSPS) is 9.95. The molecule has 0 spiro atoms. The van der Waals surface area contributed by atoms with Gasteiger partial charge in [0.05, 0.1) is 6.42 Å². The number of anilines is 2. The highest BCUT2D eigenvalue weighted by Gasteiger charge is 2.14. The van der Waals surface area contributed by atoms with Crippen LogP contribution < -0.4 is 10.6 Å². The Morgan fingerprint density at radius 3 is 2.63 bits per heavy atom. The van der Waals surface area contributed by atoms with E-state index in [0.717, 1.165) is 5.56 Å². The van der Waals surface area contributed by atoms with Crippen LogP contribution in [0.2, 0.25) is 0 Å². The summed E-state index contributed by atoms with van der Waals surface area (Å²) in [7, 11) is 0. The van der Waals surface area contributed by atoms with Crippen molar-refractivity contribution in [3.8, 4) is 0 Å². The average molecular weight is 261 g/mol. The van der Waals surface area contributed by atoms with Crippen molar-refractivity contribution in [2.75, 3.05) is 10.6 Å². The summed E-state index contributed by atoms with van der Waals surface area (Å²) in [6, 6.07) is 3.52. The molecule has 0 aliphatic rings. The molecule has 8 nitrogen and oxygen atoms in total. The van der Waals surface area contributed by atoms with E-state index >= 15 is 0 Å². The van der Waals surface area contributed by atoms with Crippen molar-refractivity contribution in [1.82, 2.24) is 15.3 Å². The number of carbonyl (C=O) groups excluding carboxylic acids is 2. The van der Waals surface area contributed by atoms with Gasteiger partial charge in [-0.2, -0.15) is 0 Å². The van der Waals surface area contributed by atoms with Crippen molar-refractivity contribution >= 4 is 23.5 Å². The Bertz CT molecular complexity index is 581. The highest BCUT2D eigenvalue weighted by Crippen LogP contribution is 2.15. The first-order valence-corrected chi connectivity index (χ1v) is 5.44. The summed E-state index contributed by atoms with van der Waals surface area (Å²) >= 11 is 0. The fourth-order valence-corrected chi connectivity index (χ4v) is 1.38. The second kappa shape index (κ2) is 5.71. The molecule has 0 saturated carbocycles. The van der Waals surface area contributed by atoms with Crippen LogP contribution in [0.5, 0.6) is 0 Å². The molecule has 8 heteroatoms. The third kappa shape index (κ3) is 3.60. The van der Waals surface area contributed by atoms with E-state index in [0.29, 0.717) is 0 Å². The van der Waals surface area contributed by atoms with Gasteiger partial charge in [0.2, 0.25) is 23.5 Å². The van der Waals surface area contributed by atoms with Crippen molar-refractivity contribution < 1.29 is 14.2 Å². The van der Waals surface area contributed by atoms with Crippen LogP contribution in [-0.2, 0) is 16.0 Å². The van der Waals surface area contributed by atoms with Gasteiger partial charge >= 0.3 is 0 Å². The Morgan fingerprint density at radius 2 is 2.00 bits per heavy atom. The van der Waals surface area contributed by atoms with Crippen molar-refractivity contribution in [2.45, 2.75) is 13.3 Å². The summed E-state index contributed by atoms with van der Waals surface area (Å²) in [6.45, 7) is 1.32. The molecule has 0 saturated heterocycles. The van der Waals surface area contributed by atoms with Gasteiger partial charge in [0.15, 0.2) is 0 Å². The summed E-state index contributed by atoms with van der Waals surface area (Å²) in [5.74, 6) is -0.495. The van der Waals surface area contributed by atoms with E-state index in [2.05, 4.69) is 30.6 Å². The van der Waals surface area contributed by atoms with Gasteiger partial charge in [-0.3, -0.25) is 14.6 Å². The molecule has 19 heavy (non-hydrogen) atoms. The first kappa shape index (κ1) is 12.7.